The molecule has 2 aromatic heterocycles. The van der Waals surface area contributed by atoms with Crippen molar-refractivity contribution in [1.29, 1.82) is 15.8 Å². The largest absolute Gasteiger partial charge is 0.315 e. The Kier molecular flexibility index (Phi) is 3.34. The summed E-state index contributed by atoms with van der Waals surface area (Å²) < 4.78 is 2.06. The van der Waals surface area contributed by atoms with Gasteiger partial charge < -0.3 is 4.40 Å². The smallest absolute Gasteiger partial charge is 0.102 e. The molecule has 2 heterocycles. The van der Waals surface area contributed by atoms with Gasteiger partial charge in [0.1, 0.15) is 18.2 Å². The molecule has 0 N–H and O–H groups in total. The molecule has 0 fully saturated rings. The molecule has 0 bridgehead atoms. The van der Waals surface area contributed by atoms with Crippen LogP contribution in [0.25, 0.3) is 48.7 Å². The van der Waals surface area contributed by atoms with Crippen LogP contribution < -0.4 is 0 Å². The molecule has 0 radical (unpaired) electrons. The molecule has 0 spiro atoms. The van der Waals surface area contributed by atoms with Crippen LogP contribution in [0, 0.1) is 34.0 Å². The molecule has 6 aromatic rings. The van der Waals surface area contributed by atoms with E-state index in [9.17, 15) is 15.8 Å². The van der Waals surface area contributed by atoms with Gasteiger partial charge in [0.2, 0.25) is 0 Å². The molecule has 0 aliphatic heterocycles. The number of hydrogen-bond acceptors (Lipinski definition) is 3. The summed E-state index contributed by atoms with van der Waals surface area (Å²) in [5, 5.41) is 36.4. The zero-order chi connectivity index (χ0) is 21.1. The van der Waals surface area contributed by atoms with Crippen molar-refractivity contribution >= 4 is 48.7 Å². The minimum absolute atomic E-state index is 0.128. The predicted molar refractivity (Wildman–Crippen MR) is 122 cm³/mol. The highest BCUT2D eigenvalue weighted by Crippen LogP contribution is 2.39. The van der Waals surface area contributed by atoms with E-state index < -0.39 is 0 Å². The highest BCUT2D eigenvalue weighted by molar-refractivity contribution is 6.23. The molecule has 0 unspecified atom stereocenters. The third-order valence-corrected chi connectivity index (χ3v) is 6.05. The van der Waals surface area contributed by atoms with Gasteiger partial charge in [-0.25, -0.2) is 0 Å². The van der Waals surface area contributed by atoms with Gasteiger partial charge in [-0.3, -0.25) is 0 Å². The zero-order valence-corrected chi connectivity index (χ0v) is 16.2. The molecular weight excluding hydrogens is 380 g/mol. The van der Waals surface area contributed by atoms with E-state index in [1.54, 1.807) is 6.07 Å². The minimum Gasteiger partial charge on any atom is -0.315 e. The van der Waals surface area contributed by atoms with Crippen molar-refractivity contribution in [1.82, 2.24) is 4.40 Å². The molecule has 0 atom stereocenters. The van der Waals surface area contributed by atoms with Gasteiger partial charge in [-0.05, 0) is 34.4 Å². The average molecular weight is 392 g/mol. The number of benzene rings is 4. The van der Waals surface area contributed by atoms with Crippen molar-refractivity contribution in [3.05, 3.63) is 89.6 Å². The monoisotopic (exact) mass is 392 g/mol. The lowest BCUT2D eigenvalue weighted by atomic mass is 9.92. The second-order valence-corrected chi connectivity index (χ2v) is 7.58. The molecule has 0 aliphatic rings. The summed E-state index contributed by atoms with van der Waals surface area (Å²) in [6, 6.07) is 28.6. The normalized spacial score (nSPS) is 11.1. The summed E-state index contributed by atoms with van der Waals surface area (Å²) in [6.45, 7) is 0. The van der Waals surface area contributed by atoms with E-state index in [1.165, 1.54) is 0 Å². The Morgan fingerprint density at radius 2 is 1.26 bits per heavy atom. The van der Waals surface area contributed by atoms with Crippen LogP contribution in [0.1, 0.15) is 16.7 Å². The molecule has 0 aliphatic carbocycles. The number of pyridine rings is 1. The van der Waals surface area contributed by atoms with Crippen LogP contribution in [-0.2, 0) is 0 Å². The Balaban J connectivity index is 2.05. The van der Waals surface area contributed by atoms with Gasteiger partial charge in [0.05, 0.1) is 27.7 Å². The van der Waals surface area contributed by atoms with Gasteiger partial charge in [0.15, 0.2) is 0 Å². The van der Waals surface area contributed by atoms with E-state index in [-0.39, 0.29) is 16.7 Å². The van der Waals surface area contributed by atoms with Crippen LogP contribution in [0.2, 0.25) is 0 Å². The van der Waals surface area contributed by atoms with E-state index in [4.69, 9.17) is 0 Å². The number of nitriles is 3. The Morgan fingerprint density at radius 3 is 1.94 bits per heavy atom. The van der Waals surface area contributed by atoms with Crippen LogP contribution >= 0.6 is 0 Å². The summed E-state index contributed by atoms with van der Waals surface area (Å²) in [7, 11) is 0. The maximum Gasteiger partial charge on any atom is 0.102 e. The third-order valence-electron chi connectivity index (χ3n) is 6.05. The molecule has 0 saturated carbocycles. The lowest BCUT2D eigenvalue weighted by Crippen LogP contribution is -1.98. The number of rotatable bonds is 0. The average Bonchev–Trinajstić information content (AvgIpc) is 3.21. The van der Waals surface area contributed by atoms with E-state index in [1.807, 2.05) is 36.5 Å². The number of nitrogens with zero attached hydrogens (tertiary/aromatic N) is 4. The van der Waals surface area contributed by atoms with Gasteiger partial charge in [0.25, 0.3) is 0 Å². The van der Waals surface area contributed by atoms with Crippen molar-refractivity contribution in [2.75, 3.05) is 0 Å². The first-order chi connectivity index (χ1) is 15.2. The number of hydrogen-bond donors (Lipinski definition) is 0. The van der Waals surface area contributed by atoms with Crippen LogP contribution in [-0.4, -0.2) is 4.40 Å². The Hall–Kier alpha value is -4.85. The Bertz CT molecular complexity index is 1870. The van der Waals surface area contributed by atoms with E-state index >= 15 is 0 Å². The van der Waals surface area contributed by atoms with Crippen molar-refractivity contribution in [2.45, 2.75) is 0 Å². The summed E-state index contributed by atoms with van der Waals surface area (Å²) in [4.78, 5) is 0. The highest BCUT2D eigenvalue weighted by atomic mass is 14.9. The van der Waals surface area contributed by atoms with Gasteiger partial charge in [-0.1, -0.05) is 48.5 Å². The number of fused-ring (bicyclic) bond motifs is 9. The SMILES string of the molecule is N#Cc1cc2c(c(C#N)c1C#N)c1cc3ccccc3cc1c1c3ccccc3cn21. The topological polar surface area (TPSA) is 75.8 Å². The fourth-order valence-corrected chi connectivity index (χ4v) is 4.71. The molecule has 0 amide bonds. The highest BCUT2D eigenvalue weighted by Gasteiger charge is 2.20. The first-order valence-corrected chi connectivity index (χ1v) is 9.80. The first kappa shape index (κ1) is 17.0. The van der Waals surface area contributed by atoms with Crippen molar-refractivity contribution in [2.24, 2.45) is 0 Å². The zero-order valence-electron chi connectivity index (χ0n) is 16.2. The standard InChI is InChI=1S/C27H12N4/c28-12-19-11-25-26(24(14-30)23(19)13-29)21-9-16-5-1-2-6-17(16)10-22(21)27-20-8-4-3-7-18(20)15-31(25)27/h1-11,15H. The van der Waals surface area contributed by atoms with E-state index in [0.29, 0.717) is 5.39 Å². The minimum atomic E-state index is 0.128. The Labute approximate surface area is 177 Å². The number of aromatic nitrogens is 1. The molecule has 6 rings (SSSR count). The fraction of sp³-hybridized carbons (Fsp3) is 0. The molecular formula is C27H12N4. The summed E-state index contributed by atoms with van der Waals surface area (Å²) in [6.07, 6.45) is 2.04. The Morgan fingerprint density at radius 1 is 0.613 bits per heavy atom. The summed E-state index contributed by atoms with van der Waals surface area (Å²) >= 11 is 0. The molecule has 4 heteroatoms. The van der Waals surface area contributed by atoms with Gasteiger partial charge in [-0.15, -0.1) is 0 Å². The lowest BCUT2D eigenvalue weighted by molar-refractivity contribution is 1.28. The first-order valence-electron chi connectivity index (χ1n) is 9.80. The molecule has 0 saturated heterocycles. The quantitative estimate of drug-likeness (QED) is 0.229. The third kappa shape index (κ3) is 2.15. The van der Waals surface area contributed by atoms with E-state index in [2.05, 4.69) is 52.9 Å². The van der Waals surface area contributed by atoms with Gasteiger partial charge >= 0.3 is 0 Å². The molecule has 4 aromatic carbocycles. The van der Waals surface area contributed by atoms with Crippen LogP contribution in [0.3, 0.4) is 0 Å². The maximum absolute atomic E-state index is 10.0. The van der Waals surface area contributed by atoms with Gasteiger partial charge in [0, 0.05) is 27.7 Å². The molecule has 140 valence electrons. The molecule has 31 heavy (non-hydrogen) atoms. The fourth-order valence-electron chi connectivity index (χ4n) is 4.71. The maximum atomic E-state index is 10.0. The molecule has 4 nitrogen and oxygen atoms in total. The second-order valence-electron chi connectivity index (χ2n) is 7.58. The van der Waals surface area contributed by atoms with Crippen molar-refractivity contribution in [3.8, 4) is 18.2 Å². The summed E-state index contributed by atoms with van der Waals surface area (Å²) in [5.41, 5.74) is 2.37. The van der Waals surface area contributed by atoms with Crippen LogP contribution in [0.5, 0.6) is 0 Å². The van der Waals surface area contributed by atoms with Crippen molar-refractivity contribution in [3.63, 3.8) is 0 Å². The predicted octanol–water partition coefficient (Wildman–Crippen LogP) is 6.17. The van der Waals surface area contributed by atoms with E-state index in [0.717, 1.165) is 43.4 Å². The van der Waals surface area contributed by atoms with Crippen molar-refractivity contribution < 1.29 is 0 Å². The van der Waals surface area contributed by atoms with Crippen LogP contribution in [0.15, 0.2) is 72.9 Å². The van der Waals surface area contributed by atoms with Crippen LogP contribution in [0.4, 0.5) is 0 Å². The lowest BCUT2D eigenvalue weighted by Gasteiger charge is -2.14. The van der Waals surface area contributed by atoms with Gasteiger partial charge in [-0.2, -0.15) is 15.8 Å². The summed E-state index contributed by atoms with van der Waals surface area (Å²) in [5.74, 6) is 0. The second kappa shape index (κ2) is 6.07.